The number of furan rings is 1. The number of rotatable bonds is 4. The van der Waals surface area contributed by atoms with Crippen LogP contribution in [0.2, 0.25) is 0 Å². The molecule has 0 aliphatic carbocycles. The van der Waals surface area contributed by atoms with Gasteiger partial charge in [-0.3, -0.25) is 4.79 Å². The number of hydrogen-bond donors (Lipinski definition) is 2. The average Bonchev–Trinajstić information content (AvgIpc) is 2.73. The maximum Gasteiger partial charge on any atom is 0.326 e. The van der Waals surface area contributed by atoms with E-state index in [9.17, 15) is 9.59 Å². The Morgan fingerprint density at radius 1 is 1.44 bits per heavy atom. The van der Waals surface area contributed by atoms with Gasteiger partial charge in [0.25, 0.3) is 0 Å². The standard InChI is InChI=1S/C13H17NO4/c1-13(2,3)11(12(16)17)14-10(15)7-6-9-5-4-8-18-9/h4-8,11H,1-3H3,(H,14,15)(H,16,17)/b7-6+. The smallest absolute Gasteiger partial charge is 0.326 e. The molecule has 18 heavy (non-hydrogen) atoms. The third kappa shape index (κ3) is 4.08. The molecule has 1 heterocycles. The molecule has 0 aromatic carbocycles. The zero-order valence-corrected chi connectivity index (χ0v) is 10.6. The Hall–Kier alpha value is -2.04. The van der Waals surface area contributed by atoms with Crippen molar-refractivity contribution in [3.63, 3.8) is 0 Å². The van der Waals surface area contributed by atoms with Crippen LogP contribution < -0.4 is 5.32 Å². The van der Waals surface area contributed by atoms with E-state index in [2.05, 4.69) is 5.32 Å². The Labute approximate surface area is 105 Å². The van der Waals surface area contributed by atoms with Crippen molar-refractivity contribution in [1.82, 2.24) is 5.32 Å². The molecule has 1 aromatic rings. The Balaban J connectivity index is 2.66. The topological polar surface area (TPSA) is 79.5 Å². The molecule has 0 saturated carbocycles. The van der Waals surface area contributed by atoms with Crippen LogP contribution in [-0.4, -0.2) is 23.0 Å². The summed E-state index contributed by atoms with van der Waals surface area (Å²) in [5, 5.41) is 11.5. The van der Waals surface area contributed by atoms with E-state index in [-0.39, 0.29) is 0 Å². The molecule has 2 N–H and O–H groups in total. The van der Waals surface area contributed by atoms with Crippen LogP contribution in [-0.2, 0) is 9.59 Å². The van der Waals surface area contributed by atoms with Gasteiger partial charge in [0, 0.05) is 6.08 Å². The van der Waals surface area contributed by atoms with Gasteiger partial charge in [-0.25, -0.2) is 4.79 Å². The second-order valence-corrected chi connectivity index (χ2v) is 4.99. The average molecular weight is 251 g/mol. The number of carboxylic acid groups (broad SMARTS) is 1. The zero-order valence-electron chi connectivity index (χ0n) is 10.6. The molecule has 0 bridgehead atoms. The molecule has 5 heteroatoms. The zero-order chi connectivity index (χ0) is 13.8. The van der Waals surface area contributed by atoms with Crippen molar-refractivity contribution < 1.29 is 19.1 Å². The van der Waals surface area contributed by atoms with E-state index in [0.717, 1.165) is 0 Å². The SMILES string of the molecule is CC(C)(C)C(NC(=O)/C=C/c1ccco1)C(=O)O. The second-order valence-electron chi connectivity index (χ2n) is 4.99. The van der Waals surface area contributed by atoms with E-state index in [4.69, 9.17) is 9.52 Å². The maximum atomic E-state index is 11.6. The van der Waals surface area contributed by atoms with Crippen LogP contribution in [0.15, 0.2) is 28.9 Å². The van der Waals surface area contributed by atoms with Crippen LogP contribution in [0.3, 0.4) is 0 Å². The molecule has 5 nitrogen and oxygen atoms in total. The van der Waals surface area contributed by atoms with Gasteiger partial charge in [0.1, 0.15) is 11.8 Å². The lowest BCUT2D eigenvalue weighted by molar-refractivity contribution is -0.144. The van der Waals surface area contributed by atoms with E-state index in [0.29, 0.717) is 5.76 Å². The van der Waals surface area contributed by atoms with E-state index in [1.807, 2.05) is 0 Å². The van der Waals surface area contributed by atoms with Crippen molar-refractivity contribution in [3.8, 4) is 0 Å². The van der Waals surface area contributed by atoms with Crippen LogP contribution in [0.1, 0.15) is 26.5 Å². The summed E-state index contributed by atoms with van der Waals surface area (Å²) in [5.41, 5.74) is -0.556. The number of carbonyl (C=O) groups is 2. The molecule has 0 saturated heterocycles. The molecule has 1 rings (SSSR count). The minimum absolute atomic E-state index is 0.464. The summed E-state index contributed by atoms with van der Waals surface area (Å²) in [4.78, 5) is 22.7. The minimum atomic E-state index is -1.05. The molecule has 1 aromatic heterocycles. The molecule has 1 amide bonds. The Kier molecular flexibility index (Phi) is 4.31. The first-order chi connectivity index (χ1) is 8.30. The number of hydrogen-bond acceptors (Lipinski definition) is 3. The second kappa shape index (κ2) is 5.53. The van der Waals surface area contributed by atoms with Gasteiger partial charge in [0.05, 0.1) is 6.26 Å². The normalized spacial score (nSPS) is 13.5. The molecular weight excluding hydrogens is 234 g/mol. The van der Waals surface area contributed by atoms with Gasteiger partial charge in [-0.05, 0) is 23.6 Å². The van der Waals surface area contributed by atoms with Crippen LogP contribution in [0.25, 0.3) is 6.08 Å². The number of carbonyl (C=O) groups excluding carboxylic acids is 1. The van der Waals surface area contributed by atoms with Crippen molar-refractivity contribution in [2.24, 2.45) is 5.41 Å². The molecule has 0 aliphatic heterocycles. The summed E-state index contributed by atoms with van der Waals surface area (Å²) < 4.78 is 5.02. The van der Waals surface area contributed by atoms with Gasteiger partial charge in [-0.15, -0.1) is 0 Å². The van der Waals surface area contributed by atoms with E-state index in [1.165, 1.54) is 18.4 Å². The van der Waals surface area contributed by atoms with Crippen LogP contribution in [0.4, 0.5) is 0 Å². The minimum Gasteiger partial charge on any atom is -0.480 e. The predicted octanol–water partition coefficient (Wildman–Crippen LogP) is 1.91. The first kappa shape index (κ1) is 14.0. The van der Waals surface area contributed by atoms with Gasteiger partial charge in [-0.2, -0.15) is 0 Å². The lowest BCUT2D eigenvalue weighted by Gasteiger charge is -2.27. The maximum absolute atomic E-state index is 11.6. The number of aliphatic carboxylic acids is 1. The van der Waals surface area contributed by atoms with Crippen molar-refractivity contribution in [2.45, 2.75) is 26.8 Å². The summed E-state index contributed by atoms with van der Waals surface area (Å²) in [6, 6.07) is 2.46. The summed E-state index contributed by atoms with van der Waals surface area (Å²) in [5.74, 6) is -0.983. The quantitative estimate of drug-likeness (QED) is 0.801. The summed E-state index contributed by atoms with van der Waals surface area (Å²) in [7, 11) is 0. The number of nitrogens with one attached hydrogen (secondary N) is 1. The fraction of sp³-hybridized carbons (Fsp3) is 0.385. The van der Waals surface area contributed by atoms with Crippen molar-refractivity contribution >= 4 is 18.0 Å². The van der Waals surface area contributed by atoms with Gasteiger partial charge >= 0.3 is 5.97 Å². The number of carboxylic acids is 1. The first-order valence-corrected chi connectivity index (χ1v) is 5.55. The molecule has 0 fully saturated rings. The third-order valence-corrected chi connectivity index (χ3v) is 2.34. The van der Waals surface area contributed by atoms with Gasteiger partial charge in [0.15, 0.2) is 0 Å². The lowest BCUT2D eigenvalue weighted by Crippen LogP contribution is -2.48. The highest BCUT2D eigenvalue weighted by Crippen LogP contribution is 2.19. The fourth-order valence-electron chi connectivity index (χ4n) is 1.38. The molecular formula is C13H17NO4. The Bertz CT molecular complexity index is 440. The molecule has 0 spiro atoms. The van der Waals surface area contributed by atoms with Gasteiger partial charge < -0.3 is 14.8 Å². The third-order valence-electron chi connectivity index (χ3n) is 2.34. The van der Waals surface area contributed by atoms with E-state index < -0.39 is 23.3 Å². The molecule has 98 valence electrons. The van der Waals surface area contributed by atoms with Crippen molar-refractivity contribution in [2.75, 3.05) is 0 Å². The van der Waals surface area contributed by atoms with Crippen molar-refractivity contribution in [3.05, 3.63) is 30.2 Å². The van der Waals surface area contributed by atoms with Crippen molar-refractivity contribution in [1.29, 1.82) is 0 Å². The summed E-state index contributed by atoms with van der Waals surface area (Å²) in [6.45, 7) is 5.26. The highest BCUT2D eigenvalue weighted by Gasteiger charge is 2.31. The largest absolute Gasteiger partial charge is 0.480 e. The first-order valence-electron chi connectivity index (χ1n) is 5.55. The Morgan fingerprint density at radius 2 is 2.11 bits per heavy atom. The van der Waals surface area contributed by atoms with E-state index in [1.54, 1.807) is 32.9 Å². The summed E-state index contributed by atoms with van der Waals surface area (Å²) in [6.07, 6.45) is 4.23. The highest BCUT2D eigenvalue weighted by molar-refractivity contribution is 5.94. The van der Waals surface area contributed by atoms with Crippen LogP contribution >= 0.6 is 0 Å². The monoisotopic (exact) mass is 251 g/mol. The van der Waals surface area contributed by atoms with E-state index >= 15 is 0 Å². The van der Waals surface area contributed by atoms with Crippen LogP contribution in [0.5, 0.6) is 0 Å². The number of amides is 1. The molecule has 0 aliphatic rings. The van der Waals surface area contributed by atoms with Crippen LogP contribution in [0, 0.1) is 5.41 Å². The molecule has 1 unspecified atom stereocenters. The fourth-order valence-corrected chi connectivity index (χ4v) is 1.38. The lowest BCUT2D eigenvalue weighted by atomic mass is 9.87. The summed E-state index contributed by atoms with van der Waals surface area (Å²) >= 11 is 0. The highest BCUT2D eigenvalue weighted by atomic mass is 16.4. The van der Waals surface area contributed by atoms with Gasteiger partial charge in [-0.1, -0.05) is 20.8 Å². The predicted molar refractivity (Wildman–Crippen MR) is 66.8 cm³/mol. The van der Waals surface area contributed by atoms with Gasteiger partial charge in [0.2, 0.25) is 5.91 Å². The molecule has 1 atom stereocenters. The molecule has 0 radical (unpaired) electrons. The Morgan fingerprint density at radius 3 is 2.56 bits per heavy atom.